The molecule has 2 rings (SSSR count). The predicted molar refractivity (Wildman–Crippen MR) is 73.2 cm³/mol. The largest absolute Gasteiger partial charge is 0.497 e. The number of hydrogen-bond acceptors (Lipinski definition) is 6. The number of nitrogen functional groups attached to an aromatic ring is 1. The van der Waals surface area contributed by atoms with Crippen molar-refractivity contribution in [1.82, 2.24) is 4.98 Å². The van der Waals surface area contributed by atoms with E-state index < -0.39 is 0 Å². The van der Waals surface area contributed by atoms with Crippen LogP contribution in [0.25, 0.3) is 11.3 Å². The molecular formula is C12H15N3O2S. The van der Waals surface area contributed by atoms with E-state index in [1.807, 2.05) is 25.1 Å². The number of thiazole rings is 1. The van der Waals surface area contributed by atoms with Crippen LogP contribution in [0.5, 0.6) is 11.5 Å². The minimum Gasteiger partial charge on any atom is -0.497 e. The van der Waals surface area contributed by atoms with Gasteiger partial charge in [0.15, 0.2) is 5.13 Å². The van der Waals surface area contributed by atoms with E-state index >= 15 is 0 Å². The highest BCUT2D eigenvalue weighted by atomic mass is 32.1. The van der Waals surface area contributed by atoms with Gasteiger partial charge in [-0.2, -0.15) is 0 Å². The van der Waals surface area contributed by atoms with Crippen molar-refractivity contribution in [3.05, 3.63) is 23.1 Å². The fourth-order valence-electron chi connectivity index (χ4n) is 1.70. The van der Waals surface area contributed by atoms with Gasteiger partial charge in [0.05, 0.1) is 19.9 Å². The number of aromatic nitrogens is 1. The van der Waals surface area contributed by atoms with E-state index in [9.17, 15) is 0 Å². The average molecular weight is 265 g/mol. The first kappa shape index (κ1) is 12.7. The first-order valence-electron chi connectivity index (χ1n) is 5.36. The number of hydrogen-bond donors (Lipinski definition) is 2. The SMILES string of the molecule is COc1ccc(-c2nc(NN)sc2C)c(OC)c1. The standard InChI is InChI=1S/C12H15N3O2S/c1-7-11(14-12(15-13)18-7)9-5-4-8(16-2)6-10(9)17-3/h4-6H,13H2,1-3H3,(H,14,15). The van der Waals surface area contributed by atoms with Gasteiger partial charge >= 0.3 is 0 Å². The molecule has 0 aliphatic heterocycles. The van der Waals surface area contributed by atoms with Crippen LogP contribution in [-0.2, 0) is 0 Å². The number of nitrogens with two attached hydrogens (primary N) is 1. The first-order valence-corrected chi connectivity index (χ1v) is 6.17. The quantitative estimate of drug-likeness (QED) is 0.656. The summed E-state index contributed by atoms with van der Waals surface area (Å²) in [6.07, 6.45) is 0. The second-order valence-electron chi connectivity index (χ2n) is 3.63. The summed E-state index contributed by atoms with van der Waals surface area (Å²) in [6.45, 7) is 2.00. The molecule has 6 heteroatoms. The summed E-state index contributed by atoms with van der Waals surface area (Å²) in [5, 5.41) is 0.681. The summed E-state index contributed by atoms with van der Waals surface area (Å²) in [4.78, 5) is 5.50. The molecule has 0 fully saturated rings. The van der Waals surface area contributed by atoms with E-state index in [1.54, 1.807) is 14.2 Å². The summed E-state index contributed by atoms with van der Waals surface area (Å²) < 4.78 is 10.5. The van der Waals surface area contributed by atoms with Gasteiger partial charge in [0.1, 0.15) is 11.5 Å². The molecule has 1 aromatic heterocycles. The maximum Gasteiger partial charge on any atom is 0.197 e. The first-order chi connectivity index (χ1) is 8.69. The lowest BCUT2D eigenvalue weighted by Gasteiger charge is -2.09. The van der Waals surface area contributed by atoms with E-state index in [0.29, 0.717) is 5.13 Å². The zero-order chi connectivity index (χ0) is 13.1. The van der Waals surface area contributed by atoms with Gasteiger partial charge in [-0.15, -0.1) is 11.3 Å². The molecule has 0 unspecified atom stereocenters. The molecule has 0 amide bonds. The molecule has 0 saturated heterocycles. The van der Waals surface area contributed by atoms with Crippen LogP contribution in [0.2, 0.25) is 0 Å². The molecule has 0 spiro atoms. The fraction of sp³-hybridized carbons (Fsp3) is 0.250. The van der Waals surface area contributed by atoms with Gasteiger partial charge in [0.2, 0.25) is 0 Å². The van der Waals surface area contributed by atoms with Gasteiger partial charge in [-0.25, -0.2) is 10.8 Å². The van der Waals surface area contributed by atoms with E-state index in [-0.39, 0.29) is 0 Å². The lowest BCUT2D eigenvalue weighted by molar-refractivity contribution is 0.395. The fourth-order valence-corrected chi connectivity index (χ4v) is 2.44. The van der Waals surface area contributed by atoms with Crippen LogP contribution in [0, 0.1) is 6.92 Å². The van der Waals surface area contributed by atoms with Crippen LogP contribution in [0.3, 0.4) is 0 Å². The molecule has 0 aliphatic rings. The monoisotopic (exact) mass is 265 g/mol. The Bertz CT molecular complexity index is 554. The Morgan fingerprint density at radius 3 is 2.61 bits per heavy atom. The molecular weight excluding hydrogens is 250 g/mol. The summed E-state index contributed by atoms with van der Waals surface area (Å²) in [5.41, 5.74) is 4.35. The second kappa shape index (κ2) is 5.24. The van der Waals surface area contributed by atoms with Gasteiger partial charge in [-0.3, -0.25) is 5.43 Å². The Morgan fingerprint density at radius 1 is 1.28 bits per heavy atom. The third-order valence-corrected chi connectivity index (χ3v) is 3.49. The molecule has 0 aliphatic carbocycles. The van der Waals surface area contributed by atoms with Crippen LogP contribution >= 0.6 is 11.3 Å². The van der Waals surface area contributed by atoms with Crippen LogP contribution < -0.4 is 20.7 Å². The number of nitrogens with one attached hydrogen (secondary N) is 1. The Balaban J connectivity index is 2.52. The summed E-state index contributed by atoms with van der Waals surface area (Å²) in [6, 6.07) is 5.65. The Morgan fingerprint density at radius 2 is 2.06 bits per heavy atom. The topological polar surface area (TPSA) is 69.4 Å². The number of aryl methyl sites for hydroxylation is 1. The normalized spacial score (nSPS) is 10.2. The highest BCUT2D eigenvalue weighted by Crippen LogP contribution is 2.37. The average Bonchev–Trinajstić information content (AvgIpc) is 2.79. The van der Waals surface area contributed by atoms with Crippen LogP contribution in [0.1, 0.15) is 4.88 Å². The van der Waals surface area contributed by atoms with Crippen molar-refractivity contribution in [1.29, 1.82) is 0 Å². The van der Waals surface area contributed by atoms with Gasteiger partial charge in [0.25, 0.3) is 0 Å². The molecule has 0 radical (unpaired) electrons. The molecule has 1 heterocycles. The van der Waals surface area contributed by atoms with Crippen molar-refractivity contribution in [2.75, 3.05) is 19.6 Å². The van der Waals surface area contributed by atoms with Crippen LogP contribution in [-0.4, -0.2) is 19.2 Å². The lowest BCUT2D eigenvalue weighted by Crippen LogP contribution is -2.05. The number of methoxy groups -OCH3 is 2. The number of ether oxygens (including phenoxy) is 2. The van der Waals surface area contributed by atoms with Crippen molar-refractivity contribution < 1.29 is 9.47 Å². The number of rotatable bonds is 4. The third kappa shape index (κ3) is 2.25. The zero-order valence-corrected chi connectivity index (χ0v) is 11.3. The van der Waals surface area contributed by atoms with Crippen molar-refractivity contribution in [3.63, 3.8) is 0 Å². The Hall–Kier alpha value is -1.79. The van der Waals surface area contributed by atoms with Crippen molar-refractivity contribution in [2.24, 2.45) is 5.84 Å². The van der Waals surface area contributed by atoms with E-state index in [1.165, 1.54) is 11.3 Å². The van der Waals surface area contributed by atoms with Crippen molar-refractivity contribution >= 4 is 16.5 Å². The molecule has 0 saturated carbocycles. The predicted octanol–water partition coefficient (Wildman–Crippen LogP) is 2.42. The molecule has 18 heavy (non-hydrogen) atoms. The Kier molecular flexibility index (Phi) is 3.69. The molecule has 5 nitrogen and oxygen atoms in total. The number of benzene rings is 1. The van der Waals surface area contributed by atoms with Gasteiger partial charge in [-0.05, 0) is 19.1 Å². The highest BCUT2D eigenvalue weighted by Gasteiger charge is 2.14. The van der Waals surface area contributed by atoms with E-state index in [0.717, 1.165) is 27.6 Å². The van der Waals surface area contributed by atoms with E-state index in [4.69, 9.17) is 15.3 Å². The lowest BCUT2D eigenvalue weighted by atomic mass is 10.1. The summed E-state index contributed by atoms with van der Waals surface area (Å²) in [7, 11) is 3.25. The van der Waals surface area contributed by atoms with Gasteiger partial charge < -0.3 is 9.47 Å². The second-order valence-corrected chi connectivity index (χ2v) is 4.84. The van der Waals surface area contributed by atoms with Crippen LogP contribution in [0.15, 0.2) is 18.2 Å². The molecule has 96 valence electrons. The number of anilines is 1. The molecule has 2 aromatic rings. The third-order valence-electron chi connectivity index (χ3n) is 2.58. The molecule has 0 atom stereocenters. The molecule has 3 N–H and O–H groups in total. The number of nitrogens with zero attached hydrogens (tertiary/aromatic N) is 1. The zero-order valence-electron chi connectivity index (χ0n) is 10.5. The van der Waals surface area contributed by atoms with Crippen molar-refractivity contribution in [3.8, 4) is 22.8 Å². The smallest absolute Gasteiger partial charge is 0.197 e. The van der Waals surface area contributed by atoms with E-state index in [2.05, 4.69) is 10.4 Å². The maximum atomic E-state index is 5.37. The minimum atomic E-state index is 0.681. The van der Waals surface area contributed by atoms with Gasteiger partial charge in [0, 0.05) is 16.5 Å². The van der Waals surface area contributed by atoms with Crippen LogP contribution in [0.4, 0.5) is 5.13 Å². The minimum absolute atomic E-state index is 0.681. The Labute approximate surface area is 110 Å². The number of hydrazine groups is 1. The highest BCUT2D eigenvalue weighted by molar-refractivity contribution is 7.15. The summed E-state index contributed by atoms with van der Waals surface area (Å²) in [5.74, 6) is 6.85. The summed E-state index contributed by atoms with van der Waals surface area (Å²) >= 11 is 1.50. The van der Waals surface area contributed by atoms with Crippen molar-refractivity contribution in [2.45, 2.75) is 6.92 Å². The maximum absolute atomic E-state index is 5.37. The van der Waals surface area contributed by atoms with Gasteiger partial charge in [-0.1, -0.05) is 0 Å². The molecule has 1 aromatic carbocycles. The molecule has 0 bridgehead atoms.